The lowest BCUT2D eigenvalue weighted by Gasteiger charge is -2.02. The first-order chi connectivity index (χ1) is 15.3. The molecule has 0 saturated carbocycles. The molecule has 6 aromatic heterocycles. The molecule has 6 aromatic rings. The summed E-state index contributed by atoms with van der Waals surface area (Å²) in [5.74, 6) is 0.621. The molecule has 0 aliphatic heterocycles. The van der Waals surface area contributed by atoms with E-state index >= 15 is 0 Å². The lowest BCUT2D eigenvalue weighted by Crippen LogP contribution is -1.89. The number of rotatable bonds is 3. The molecule has 0 radical (unpaired) electrons. The van der Waals surface area contributed by atoms with Crippen molar-refractivity contribution in [1.82, 2.24) is 40.1 Å². The number of aromatic amines is 2. The van der Waals surface area contributed by atoms with Crippen LogP contribution in [0.3, 0.4) is 0 Å². The summed E-state index contributed by atoms with van der Waals surface area (Å²) >= 11 is 0. The molecule has 9 heteroatoms. The molecule has 0 unspecified atom stereocenters. The largest absolute Gasteiger partial charge is 0.397 e. The Kier molecular flexibility index (Phi) is 3.72. The Bertz CT molecular complexity index is 1550. The van der Waals surface area contributed by atoms with Gasteiger partial charge in [0.15, 0.2) is 11.5 Å². The van der Waals surface area contributed by atoms with E-state index in [2.05, 4.69) is 35.1 Å². The van der Waals surface area contributed by atoms with Crippen LogP contribution in [0.1, 0.15) is 0 Å². The number of hydrogen-bond donors (Lipinski definition) is 3. The van der Waals surface area contributed by atoms with Crippen LogP contribution >= 0.6 is 0 Å². The highest BCUT2D eigenvalue weighted by molar-refractivity contribution is 5.95. The molecule has 0 aromatic carbocycles. The normalized spacial score (nSPS) is 11.4. The molecule has 6 heterocycles. The lowest BCUT2D eigenvalue weighted by atomic mass is 10.1. The van der Waals surface area contributed by atoms with E-state index in [4.69, 9.17) is 10.7 Å². The van der Waals surface area contributed by atoms with Crippen LogP contribution in [0.5, 0.6) is 0 Å². The molecule has 9 nitrogen and oxygen atoms in total. The summed E-state index contributed by atoms with van der Waals surface area (Å²) < 4.78 is 0. The van der Waals surface area contributed by atoms with E-state index < -0.39 is 0 Å². The van der Waals surface area contributed by atoms with E-state index in [9.17, 15) is 0 Å². The first kappa shape index (κ1) is 17.2. The highest BCUT2D eigenvalue weighted by Gasteiger charge is 2.17. The molecule has 0 aliphatic rings. The van der Waals surface area contributed by atoms with Crippen molar-refractivity contribution < 1.29 is 0 Å². The number of nitrogen functional groups attached to an aromatic ring is 1. The van der Waals surface area contributed by atoms with Crippen molar-refractivity contribution in [3.8, 4) is 34.0 Å². The summed E-state index contributed by atoms with van der Waals surface area (Å²) in [6, 6.07) is 11.5. The van der Waals surface area contributed by atoms with Crippen LogP contribution in [0.2, 0.25) is 0 Å². The molecular weight excluding hydrogens is 390 g/mol. The van der Waals surface area contributed by atoms with Gasteiger partial charge in [-0.25, -0.2) is 9.97 Å². The Morgan fingerprint density at radius 3 is 2.65 bits per heavy atom. The SMILES string of the molecule is Nc1cncc(-c2cnc3[nH]nc(-c4nc5c(-c6ccccn6)nccc5[nH]4)c3c2)c1. The standard InChI is InChI=1S/C22H15N9/c23-14-7-12(9-24-11-14)13-8-15-18(30-31-21(15)27-10-13)22-28-17-4-6-26-19(20(17)29-22)16-3-1-2-5-25-16/h1-11H,23H2,(H,28,29)(H,27,30,31). The number of nitrogens with two attached hydrogens (primary N) is 1. The van der Waals surface area contributed by atoms with Crippen molar-refractivity contribution in [2.75, 3.05) is 5.73 Å². The van der Waals surface area contributed by atoms with E-state index in [1.54, 1.807) is 31.0 Å². The summed E-state index contributed by atoms with van der Waals surface area (Å²) in [6.07, 6.45) is 8.61. The minimum absolute atomic E-state index is 0.594. The Morgan fingerprint density at radius 1 is 0.839 bits per heavy atom. The fourth-order valence-corrected chi connectivity index (χ4v) is 3.60. The third-order valence-electron chi connectivity index (χ3n) is 5.04. The maximum Gasteiger partial charge on any atom is 0.159 e. The van der Waals surface area contributed by atoms with Gasteiger partial charge in [0.1, 0.15) is 16.9 Å². The predicted molar refractivity (Wildman–Crippen MR) is 118 cm³/mol. The van der Waals surface area contributed by atoms with Gasteiger partial charge in [0, 0.05) is 42.1 Å². The third kappa shape index (κ3) is 2.87. The van der Waals surface area contributed by atoms with Crippen LogP contribution in [0.4, 0.5) is 5.69 Å². The molecule has 0 aliphatic carbocycles. The van der Waals surface area contributed by atoms with Crippen LogP contribution in [0.25, 0.3) is 56.1 Å². The van der Waals surface area contributed by atoms with Crippen LogP contribution < -0.4 is 5.73 Å². The van der Waals surface area contributed by atoms with Crippen molar-refractivity contribution in [3.63, 3.8) is 0 Å². The monoisotopic (exact) mass is 405 g/mol. The van der Waals surface area contributed by atoms with Gasteiger partial charge in [0.05, 0.1) is 22.3 Å². The average molecular weight is 405 g/mol. The molecule has 0 saturated heterocycles. The summed E-state index contributed by atoms with van der Waals surface area (Å²) in [4.78, 5) is 25.7. The van der Waals surface area contributed by atoms with Gasteiger partial charge in [-0.3, -0.25) is 20.1 Å². The fourth-order valence-electron chi connectivity index (χ4n) is 3.60. The van der Waals surface area contributed by atoms with Gasteiger partial charge in [0.25, 0.3) is 0 Å². The Hall–Kier alpha value is -4.66. The number of nitrogens with zero attached hydrogens (tertiary/aromatic N) is 6. The van der Waals surface area contributed by atoms with E-state index in [1.807, 2.05) is 36.4 Å². The maximum atomic E-state index is 5.89. The van der Waals surface area contributed by atoms with Gasteiger partial charge in [-0.15, -0.1) is 0 Å². The minimum Gasteiger partial charge on any atom is -0.397 e. The van der Waals surface area contributed by atoms with E-state index in [0.29, 0.717) is 28.5 Å². The lowest BCUT2D eigenvalue weighted by molar-refractivity contribution is 1.09. The number of fused-ring (bicyclic) bond motifs is 2. The Morgan fingerprint density at radius 2 is 1.77 bits per heavy atom. The fraction of sp³-hybridized carbons (Fsp3) is 0. The second-order valence-electron chi connectivity index (χ2n) is 7.06. The molecule has 0 amide bonds. The van der Waals surface area contributed by atoms with Crippen molar-refractivity contribution in [1.29, 1.82) is 0 Å². The summed E-state index contributed by atoms with van der Waals surface area (Å²) in [5.41, 5.74) is 12.7. The van der Waals surface area contributed by atoms with Crippen LogP contribution in [0.15, 0.2) is 67.4 Å². The molecule has 6 rings (SSSR count). The second-order valence-corrected chi connectivity index (χ2v) is 7.06. The maximum absolute atomic E-state index is 5.89. The number of aromatic nitrogens is 8. The minimum atomic E-state index is 0.594. The van der Waals surface area contributed by atoms with Gasteiger partial charge in [0.2, 0.25) is 0 Å². The van der Waals surface area contributed by atoms with Crippen LogP contribution in [-0.2, 0) is 0 Å². The van der Waals surface area contributed by atoms with Crippen molar-refractivity contribution >= 4 is 27.8 Å². The van der Waals surface area contributed by atoms with E-state index in [0.717, 1.165) is 33.2 Å². The first-order valence-electron chi connectivity index (χ1n) is 9.58. The third-order valence-corrected chi connectivity index (χ3v) is 5.04. The van der Waals surface area contributed by atoms with Crippen molar-refractivity contribution in [2.45, 2.75) is 0 Å². The molecule has 4 N–H and O–H groups in total. The first-order valence-corrected chi connectivity index (χ1v) is 9.58. The zero-order valence-electron chi connectivity index (χ0n) is 16.1. The summed E-state index contributed by atoms with van der Waals surface area (Å²) in [5, 5.41) is 8.28. The molecule has 0 spiro atoms. The molecule has 31 heavy (non-hydrogen) atoms. The summed E-state index contributed by atoms with van der Waals surface area (Å²) in [7, 11) is 0. The zero-order valence-corrected chi connectivity index (χ0v) is 16.1. The van der Waals surface area contributed by atoms with E-state index in [-0.39, 0.29) is 0 Å². The summed E-state index contributed by atoms with van der Waals surface area (Å²) in [6.45, 7) is 0. The van der Waals surface area contributed by atoms with E-state index in [1.165, 1.54) is 0 Å². The average Bonchev–Trinajstić information content (AvgIpc) is 3.43. The second kappa shape index (κ2) is 6.70. The predicted octanol–water partition coefficient (Wildman–Crippen LogP) is 3.60. The molecular formula is C22H15N9. The van der Waals surface area contributed by atoms with Gasteiger partial charge < -0.3 is 10.7 Å². The molecule has 0 atom stereocenters. The van der Waals surface area contributed by atoms with Crippen molar-refractivity contribution in [3.05, 3.63) is 67.4 Å². The topological polar surface area (TPSA) is 135 Å². The van der Waals surface area contributed by atoms with Gasteiger partial charge >= 0.3 is 0 Å². The Balaban J connectivity index is 1.51. The number of anilines is 1. The number of nitrogens with one attached hydrogen (secondary N) is 2. The van der Waals surface area contributed by atoms with Gasteiger partial charge in [-0.2, -0.15) is 5.10 Å². The number of imidazole rings is 1. The Labute approximate surface area is 175 Å². The van der Waals surface area contributed by atoms with Crippen molar-refractivity contribution in [2.24, 2.45) is 0 Å². The van der Waals surface area contributed by atoms with Gasteiger partial charge in [-0.1, -0.05) is 6.07 Å². The smallest absolute Gasteiger partial charge is 0.159 e. The number of hydrogen-bond acceptors (Lipinski definition) is 7. The van der Waals surface area contributed by atoms with Crippen LogP contribution in [0, 0.1) is 0 Å². The molecule has 148 valence electrons. The highest BCUT2D eigenvalue weighted by atomic mass is 15.2. The quantitative estimate of drug-likeness (QED) is 0.409. The number of pyridine rings is 4. The molecule has 0 bridgehead atoms. The molecule has 0 fully saturated rings. The zero-order chi connectivity index (χ0) is 20.8. The highest BCUT2D eigenvalue weighted by Crippen LogP contribution is 2.31. The van der Waals surface area contributed by atoms with Crippen LogP contribution in [-0.4, -0.2) is 40.1 Å². The number of H-pyrrole nitrogens is 2. The van der Waals surface area contributed by atoms with Gasteiger partial charge in [-0.05, 0) is 30.3 Å².